The summed E-state index contributed by atoms with van der Waals surface area (Å²) in [5.74, 6) is -0.0518. The normalized spacial score (nSPS) is 14.1. The van der Waals surface area contributed by atoms with E-state index in [0.29, 0.717) is 10.2 Å². The highest BCUT2D eigenvalue weighted by atomic mass is 32.1. The van der Waals surface area contributed by atoms with E-state index in [4.69, 9.17) is 12.2 Å². The zero-order chi connectivity index (χ0) is 13.2. The molecule has 1 heterocycles. The molecule has 0 fully saturated rings. The summed E-state index contributed by atoms with van der Waals surface area (Å²) in [6.45, 7) is 0. The second-order valence-electron chi connectivity index (χ2n) is 4.79. The number of hydrogen-bond donors (Lipinski definition) is 2. The maximum atomic E-state index is 12.1. The van der Waals surface area contributed by atoms with Crippen molar-refractivity contribution >= 4 is 18.1 Å². The Morgan fingerprint density at radius 2 is 1.84 bits per heavy atom. The maximum absolute atomic E-state index is 12.1. The van der Waals surface area contributed by atoms with Gasteiger partial charge in [0.2, 0.25) is 0 Å². The monoisotopic (exact) mass is 270 g/mol. The number of carbonyl (C=O) groups excluding carboxylic acids is 1. The Bertz CT molecular complexity index is 632. The van der Waals surface area contributed by atoms with Gasteiger partial charge in [0.1, 0.15) is 4.64 Å². The van der Waals surface area contributed by atoms with Crippen LogP contribution in [0.5, 0.6) is 0 Å². The molecule has 0 spiro atoms. The summed E-state index contributed by atoms with van der Waals surface area (Å²) in [6, 6.07) is 12.0. The van der Waals surface area contributed by atoms with Gasteiger partial charge in [-0.05, 0) is 36.1 Å². The van der Waals surface area contributed by atoms with E-state index in [1.54, 1.807) is 18.3 Å². The number of H-pyrrole nitrogens is 1. The van der Waals surface area contributed by atoms with Gasteiger partial charge in [0.15, 0.2) is 0 Å². The lowest BCUT2D eigenvalue weighted by atomic mass is 10.1. The van der Waals surface area contributed by atoms with Gasteiger partial charge in [0, 0.05) is 12.2 Å². The van der Waals surface area contributed by atoms with E-state index in [1.807, 2.05) is 12.1 Å². The fraction of sp³-hybridized carbons (Fsp3) is 0.200. The first kappa shape index (κ1) is 12.1. The second kappa shape index (κ2) is 4.97. The molecule has 0 aliphatic heterocycles. The number of nitrogens with one attached hydrogen (secondary N) is 2. The van der Waals surface area contributed by atoms with Gasteiger partial charge < -0.3 is 10.3 Å². The Labute approximate surface area is 116 Å². The summed E-state index contributed by atoms with van der Waals surface area (Å²) >= 11 is 4.96. The predicted octanol–water partition coefficient (Wildman–Crippen LogP) is 2.64. The molecule has 0 radical (unpaired) electrons. The predicted molar refractivity (Wildman–Crippen MR) is 76.7 cm³/mol. The minimum atomic E-state index is -0.0518. The van der Waals surface area contributed by atoms with Gasteiger partial charge in [-0.1, -0.05) is 36.5 Å². The van der Waals surface area contributed by atoms with Crippen LogP contribution in [0, 0.1) is 4.64 Å². The van der Waals surface area contributed by atoms with Gasteiger partial charge in [-0.3, -0.25) is 4.79 Å². The maximum Gasteiger partial charge on any atom is 0.252 e. The molecule has 3 nitrogen and oxygen atoms in total. The van der Waals surface area contributed by atoms with Gasteiger partial charge in [-0.2, -0.15) is 0 Å². The lowest BCUT2D eigenvalue weighted by molar-refractivity contribution is 0.0938. The van der Waals surface area contributed by atoms with Crippen molar-refractivity contribution in [2.24, 2.45) is 0 Å². The van der Waals surface area contributed by atoms with E-state index >= 15 is 0 Å². The van der Waals surface area contributed by atoms with E-state index in [-0.39, 0.29) is 11.9 Å². The highest BCUT2D eigenvalue weighted by Crippen LogP contribution is 2.21. The van der Waals surface area contributed by atoms with Crippen molar-refractivity contribution in [3.63, 3.8) is 0 Å². The topological polar surface area (TPSA) is 44.9 Å². The molecular formula is C15H14N2OS. The lowest BCUT2D eigenvalue weighted by Crippen LogP contribution is -2.35. The van der Waals surface area contributed by atoms with Crippen LogP contribution in [-0.2, 0) is 12.8 Å². The molecule has 1 amide bonds. The van der Waals surface area contributed by atoms with Crippen molar-refractivity contribution in [2.75, 3.05) is 0 Å². The van der Waals surface area contributed by atoms with Crippen LogP contribution in [0.25, 0.3) is 0 Å². The smallest absolute Gasteiger partial charge is 0.252 e. The fourth-order valence-corrected chi connectivity index (χ4v) is 2.61. The third-order valence-electron chi connectivity index (χ3n) is 3.43. The molecule has 0 unspecified atom stereocenters. The van der Waals surface area contributed by atoms with Crippen LogP contribution in [0.2, 0.25) is 0 Å². The Morgan fingerprint density at radius 1 is 1.16 bits per heavy atom. The van der Waals surface area contributed by atoms with E-state index in [1.165, 1.54) is 11.1 Å². The van der Waals surface area contributed by atoms with Crippen molar-refractivity contribution < 1.29 is 4.79 Å². The second-order valence-corrected chi connectivity index (χ2v) is 5.23. The molecule has 1 aliphatic rings. The zero-order valence-electron chi connectivity index (χ0n) is 10.3. The van der Waals surface area contributed by atoms with Gasteiger partial charge in [0.05, 0.1) is 5.56 Å². The zero-order valence-corrected chi connectivity index (χ0v) is 11.2. The van der Waals surface area contributed by atoms with Crippen molar-refractivity contribution in [1.82, 2.24) is 10.3 Å². The molecule has 1 aliphatic carbocycles. The average molecular weight is 270 g/mol. The van der Waals surface area contributed by atoms with Crippen LogP contribution in [-0.4, -0.2) is 16.9 Å². The summed E-state index contributed by atoms with van der Waals surface area (Å²) in [7, 11) is 0. The first-order valence-corrected chi connectivity index (χ1v) is 6.69. The summed E-state index contributed by atoms with van der Waals surface area (Å²) in [5, 5.41) is 3.07. The molecular weight excluding hydrogens is 256 g/mol. The highest BCUT2D eigenvalue weighted by molar-refractivity contribution is 7.71. The third-order valence-corrected chi connectivity index (χ3v) is 3.69. The minimum absolute atomic E-state index is 0.0518. The Hall–Kier alpha value is -1.94. The number of amides is 1. The molecule has 0 saturated heterocycles. The number of rotatable bonds is 2. The summed E-state index contributed by atoms with van der Waals surface area (Å²) in [5.41, 5.74) is 3.28. The number of pyridine rings is 1. The number of aromatic nitrogens is 1. The molecule has 2 N–H and O–H groups in total. The van der Waals surface area contributed by atoms with E-state index in [9.17, 15) is 4.79 Å². The fourth-order valence-electron chi connectivity index (χ4n) is 2.48. The van der Waals surface area contributed by atoms with Gasteiger partial charge >= 0.3 is 0 Å². The molecule has 96 valence electrons. The molecule has 4 heteroatoms. The number of aromatic amines is 1. The molecule has 3 rings (SSSR count). The van der Waals surface area contributed by atoms with E-state index in [2.05, 4.69) is 22.4 Å². The molecule has 0 atom stereocenters. The molecule has 19 heavy (non-hydrogen) atoms. The molecule has 0 bridgehead atoms. The van der Waals surface area contributed by atoms with E-state index < -0.39 is 0 Å². The molecule has 1 aromatic heterocycles. The average Bonchev–Trinajstić information content (AvgIpc) is 2.81. The minimum Gasteiger partial charge on any atom is -0.352 e. The number of fused-ring (bicyclic) bond motifs is 1. The summed E-state index contributed by atoms with van der Waals surface area (Å²) in [6.07, 6.45) is 3.47. The van der Waals surface area contributed by atoms with Gasteiger partial charge in [-0.15, -0.1) is 0 Å². The van der Waals surface area contributed by atoms with Crippen molar-refractivity contribution in [3.05, 3.63) is 63.9 Å². The van der Waals surface area contributed by atoms with Crippen LogP contribution >= 0.6 is 12.2 Å². The van der Waals surface area contributed by atoms with Crippen molar-refractivity contribution in [1.29, 1.82) is 0 Å². The lowest BCUT2D eigenvalue weighted by Gasteiger charge is -2.11. The van der Waals surface area contributed by atoms with E-state index in [0.717, 1.165) is 12.8 Å². The number of hydrogen-bond acceptors (Lipinski definition) is 2. The largest absolute Gasteiger partial charge is 0.352 e. The SMILES string of the molecule is O=C(NC1Cc2ccccc2C1)c1ccc(=S)[nH]c1. The first-order valence-electron chi connectivity index (χ1n) is 6.29. The van der Waals surface area contributed by atoms with Crippen molar-refractivity contribution in [3.8, 4) is 0 Å². The van der Waals surface area contributed by atoms with Gasteiger partial charge in [-0.25, -0.2) is 0 Å². The Morgan fingerprint density at radius 3 is 2.42 bits per heavy atom. The Balaban J connectivity index is 1.69. The number of benzene rings is 1. The molecule has 1 aromatic carbocycles. The quantitative estimate of drug-likeness (QED) is 0.824. The summed E-state index contributed by atoms with van der Waals surface area (Å²) < 4.78 is 0.629. The van der Waals surface area contributed by atoms with Crippen LogP contribution in [0.3, 0.4) is 0 Å². The summed E-state index contributed by atoms with van der Waals surface area (Å²) in [4.78, 5) is 15.0. The van der Waals surface area contributed by atoms with Crippen LogP contribution in [0.15, 0.2) is 42.6 Å². The first-order chi connectivity index (χ1) is 9.22. The van der Waals surface area contributed by atoms with Crippen LogP contribution < -0.4 is 5.32 Å². The van der Waals surface area contributed by atoms with Crippen LogP contribution in [0.4, 0.5) is 0 Å². The standard InChI is InChI=1S/C15H14N2OS/c18-15(12-5-6-14(19)16-9-12)17-13-7-10-3-1-2-4-11(10)8-13/h1-6,9,13H,7-8H2,(H,16,19)(H,17,18). The Kier molecular flexibility index (Phi) is 3.17. The van der Waals surface area contributed by atoms with Gasteiger partial charge in [0.25, 0.3) is 5.91 Å². The van der Waals surface area contributed by atoms with Crippen LogP contribution in [0.1, 0.15) is 21.5 Å². The highest BCUT2D eigenvalue weighted by Gasteiger charge is 2.22. The number of carbonyl (C=O) groups is 1. The molecule has 2 aromatic rings. The van der Waals surface area contributed by atoms with Crippen molar-refractivity contribution in [2.45, 2.75) is 18.9 Å². The molecule has 0 saturated carbocycles. The third kappa shape index (κ3) is 2.58.